The SMILES string of the molecule is N#CCCCn1cc(C=C2Oc3cc(O)cc(O)c3C2=O)c2c(C#N)cccc21. The van der Waals surface area contributed by atoms with Gasteiger partial charge in [0.05, 0.1) is 17.7 Å². The Hall–Kier alpha value is -4.23. The van der Waals surface area contributed by atoms with Crippen molar-refractivity contribution in [1.82, 2.24) is 4.57 Å². The number of nitriles is 2. The first-order valence-corrected chi connectivity index (χ1v) is 8.92. The average molecular weight is 385 g/mol. The number of Topliss-reactive ketones (excluding diaryl/α,β-unsaturated/α-hetero) is 1. The number of ketones is 1. The molecule has 2 N–H and O–H groups in total. The lowest BCUT2D eigenvalue weighted by Crippen LogP contribution is -1.98. The molecule has 1 aliphatic heterocycles. The second-order valence-corrected chi connectivity index (χ2v) is 6.63. The molecule has 1 aliphatic rings. The molecule has 0 saturated carbocycles. The van der Waals surface area contributed by atoms with Crippen molar-refractivity contribution in [2.24, 2.45) is 0 Å². The number of carbonyl (C=O) groups is 1. The third kappa shape index (κ3) is 3.05. The van der Waals surface area contributed by atoms with E-state index in [4.69, 9.17) is 10.00 Å². The molecule has 0 amide bonds. The number of hydrogen-bond donors (Lipinski definition) is 2. The molecule has 7 heteroatoms. The molecule has 0 aliphatic carbocycles. The summed E-state index contributed by atoms with van der Waals surface area (Å²) in [5.74, 6) is -1.000. The van der Waals surface area contributed by atoms with E-state index in [1.807, 2.05) is 16.8 Å². The summed E-state index contributed by atoms with van der Waals surface area (Å²) in [5.41, 5.74) is 1.88. The number of fused-ring (bicyclic) bond motifs is 2. The van der Waals surface area contributed by atoms with Gasteiger partial charge >= 0.3 is 0 Å². The fraction of sp³-hybridized carbons (Fsp3) is 0.136. The highest BCUT2D eigenvalue weighted by molar-refractivity contribution is 6.17. The number of nitrogens with zero attached hydrogens (tertiary/aromatic N) is 3. The van der Waals surface area contributed by atoms with Crippen LogP contribution in [0.1, 0.15) is 34.3 Å². The smallest absolute Gasteiger partial charge is 0.235 e. The molecule has 142 valence electrons. The number of rotatable bonds is 4. The largest absolute Gasteiger partial charge is 0.508 e. The quantitative estimate of drug-likeness (QED) is 0.520. The summed E-state index contributed by atoms with van der Waals surface area (Å²) >= 11 is 0. The van der Waals surface area contributed by atoms with Crippen molar-refractivity contribution in [3.8, 4) is 29.4 Å². The maximum atomic E-state index is 12.7. The minimum atomic E-state index is -0.502. The number of unbranched alkanes of at least 4 members (excludes halogenated alkanes) is 1. The van der Waals surface area contributed by atoms with Crippen LogP contribution in [0.2, 0.25) is 0 Å². The van der Waals surface area contributed by atoms with Gasteiger partial charge in [-0.15, -0.1) is 0 Å². The lowest BCUT2D eigenvalue weighted by atomic mass is 10.0. The molecule has 1 aromatic heterocycles. The van der Waals surface area contributed by atoms with Gasteiger partial charge in [-0.25, -0.2) is 0 Å². The summed E-state index contributed by atoms with van der Waals surface area (Å²) in [6.45, 7) is 0.589. The summed E-state index contributed by atoms with van der Waals surface area (Å²) in [4.78, 5) is 12.7. The summed E-state index contributed by atoms with van der Waals surface area (Å²) in [6, 6.07) is 12.0. The Bertz CT molecular complexity index is 1270. The monoisotopic (exact) mass is 385 g/mol. The molecular weight excluding hydrogens is 370 g/mol. The zero-order valence-electron chi connectivity index (χ0n) is 15.2. The van der Waals surface area contributed by atoms with Crippen molar-refractivity contribution in [2.75, 3.05) is 0 Å². The van der Waals surface area contributed by atoms with Crippen LogP contribution in [0.25, 0.3) is 17.0 Å². The maximum Gasteiger partial charge on any atom is 0.235 e. The fourth-order valence-corrected chi connectivity index (χ4v) is 3.52. The van der Waals surface area contributed by atoms with Crippen molar-refractivity contribution >= 4 is 22.8 Å². The van der Waals surface area contributed by atoms with Gasteiger partial charge in [-0.2, -0.15) is 10.5 Å². The molecule has 2 heterocycles. The molecule has 0 saturated heterocycles. The summed E-state index contributed by atoms with van der Waals surface area (Å²) in [6.07, 6.45) is 4.41. The molecule has 0 fully saturated rings. The molecule has 2 aromatic carbocycles. The first-order chi connectivity index (χ1) is 14.0. The van der Waals surface area contributed by atoms with E-state index in [1.165, 1.54) is 12.1 Å². The molecule has 0 spiro atoms. The van der Waals surface area contributed by atoms with Crippen LogP contribution in [0, 0.1) is 22.7 Å². The number of benzene rings is 2. The molecule has 0 bridgehead atoms. The minimum Gasteiger partial charge on any atom is -0.508 e. The average Bonchev–Trinajstić information content (AvgIpc) is 3.20. The van der Waals surface area contributed by atoms with Gasteiger partial charge in [-0.3, -0.25) is 4.79 Å². The van der Waals surface area contributed by atoms with Crippen molar-refractivity contribution in [1.29, 1.82) is 10.5 Å². The molecule has 0 unspecified atom stereocenters. The van der Waals surface area contributed by atoms with E-state index in [1.54, 1.807) is 12.1 Å². The van der Waals surface area contributed by atoms with E-state index >= 15 is 0 Å². The third-order valence-electron chi connectivity index (χ3n) is 4.77. The highest BCUT2D eigenvalue weighted by Gasteiger charge is 2.31. The van der Waals surface area contributed by atoms with Crippen molar-refractivity contribution < 1.29 is 19.7 Å². The molecule has 0 atom stereocenters. The predicted octanol–water partition coefficient (Wildman–Crippen LogP) is 3.84. The second-order valence-electron chi connectivity index (χ2n) is 6.63. The summed E-state index contributed by atoms with van der Waals surface area (Å²) in [5, 5.41) is 38.6. The zero-order chi connectivity index (χ0) is 20.5. The fourth-order valence-electron chi connectivity index (χ4n) is 3.52. The van der Waals surface area contributed by atoms with Crippen molar-refractivity contribution in [3.05, 3.63) is 59.0 Å². The number of ether oxygens (including phenoxy) is 1. The van der Waals surface area contributed by atoms with Crippen molar-refractivity contribution in [3.63, 3.8) is 0 Å². The predicted molar refractivity (Wildman–Crippen MR) is 104 cm³/mol. The van der Waals surface area contributed by atoms with E-state index in [0.29, 0.717) is 35.9 Å². The van der Waals surface area contributed by atoms with Gasteiger partial charge in [0.1, 0.15) is 22.8 Å². The topological polar surface area (TPSA) is 119 Å². The Balaban J connectivity index is 1.83. The third-order valence-corrected chi connectivity index (χ3v) is 4.77. The van der Waals surface area contributed by atoms with Gasteiger partial charge in [0, 0.05) is 47.8 Å². The van der Waals surface area contributed by atoms with Gasteiger partial charge in [-0.1, -0.05) is 6.07 Å². The molecule has 0 radical (unpaired) electrons. The van der Waals surface area contributed by atoms with E-state index in [-0.39, 0.29) is 28.6 Å². The van der Waals surface area contributed by atoms with Gasteiger partial charge in [0.25, 0.3) is 0 Å². The lowest BCUT2D eigenvalue weighted by Gasteiger charge is -2.03. The van der Waals surface area contributed by atoms with Crippen LogP contribution in [0.5, 0.6) is 17.2 Å². The molecule has 3 aromatic rings. The van der Waals surface area contributed by atoms with Gasteiger partial charge in [0.2, 0.25) is 5.78 Å². The Kier molecular flexibility index (Phi) is 4.42. The summed E-state index contributed by atoms with van der Waals surface area (Å²) < 4.78 is 7.51. The molecule has 29 heavy (non-hydrogen) atoms. The van der Waals surface area contributed by atoms with Crippen LogP contribution in [0.4, 0.5) is 0 Å². The number of hydrogen-bond acceptors (Lipinski definition) is 6. The van der Waals surface area contributed by atoms with Crippen molar-refractivity contribution in [2.45, 2.75) is 19.4 Å². The summed E-state index contributed by atoms with van der Waals surface area (Å²) in [7, 11) is 0. The Labute approximate surface area is 165 Å². The Morgan fingerprint density at radius 3 is 2.79 bits per heavy atom. The van der Waals surface area contributed by atoms with Crippen LogP contribution in [0.15, 0.2) is 42.3 Å². The highest BCUT2D eigenvalue weighted by atomic mass is 16.5. The molecular formula is C22H15N3O4. The number of allylic oxidation sites excluding steroid dienone is 1. The second kappa shape index (κ2) is 7.06. The standard InChI is InChI=1S/C22H15N3O4/c23-6-1-2-7-25-12-14(20-13(11-24)4-3-5-16(20)25)8-19-22(28)21-17(27)9-15(26)10-18(21)29-19/h3-5,8-10,12,26-27H,1-2,7H2. The Morgan fingerprint density at radius 1 is 1.21 bits per heavy atom. The van der Waals surface area contributed by atoms with Crippen LogP contribution >= 0.6 is 0 Å². The van der Waals surface area contributed by atoms with E-state index in [2.05, 4.69) is 12.1 Å². The minimum absolute atomic E-state index is 0.00712. The first kappa shape index (κ1) is 18.1. The number of aryl methyl sites for hydroxylation is 1. The first-order valence-electron chi connectivity index (χ1n) is 8.92. The van der Waals surface area contributed by atoms with Crippen LogP contribution in [0.3, 0.4) is 0 Å². The van der Waals surface area contributed by atoms with Gasteiger partial charge < -0.3 is 19.5 Å². The number of carbonyl (C=O) groups excluding carboxylic acids is 1. The molecule has 7 nitrogen and oxygen atoms in total. The normalized spacial score (nSPS) is 13.9. The van der Waals surface area contributed by atoms with E-state index in [0.717, 1.165) is 11.6 Å². The number of phenols is 2. The van der Waals surface area contributed by atoms with Gasteiger partial charge in [-0.05, 0) is 24.6 Å². The Morgan fingerprint density at radius 2 is 2.03 bits per heavy atom. The highest BCUT2D eigenvalue weighted by Crippen LogP contribution is 2.41. The van der Waals surface area contributed by atoms with E-state index < -0.39 is 5.78 Å². The number of phenolic OH excluding ortho intramolecular Hbond substituents is 2. The van der Waals surface area contributed by atoms with Crippen LogP contribution in [-0.4, -0.2) is 20.6 Å². The number of aromatic nitrogens is 1. The van der Waals surface area contributed by atoms with Crippen LogP contribution < -0.4 is 4.74 Å². The van der Waals surface area contributed by atoms with Crippen LogP contribution in [-0.2, 0) is 6.54 Å². The molecule has 4 rings (SSSR count). The van der Waals surface area contributed by atoms with Gasteiger partial charge in [0.15, 0.2) is 5.76 Å². The number of aromatic hydroxyl groups is 2. The maximum absolute atomic E-state index is 12.7. The zero-order valence-corrected chi connectivity index (χ0v) is 15.2. The lowest BCUT2D eigenvalue weighted by molar-refractivity contribution is 0.101. The van der Waals surface area contributed by atoms with E-state index in [9.17, 15) is 20.3 Å².